The van der Waals surface area contributed by atoms with E-state index in [-0.39, 0.29) is 6.04 Å². The van der Waals surface area contributed by atoms with E-state index in [9.17, 15) is 14.4 Å². The first-order valence-corrected chi connectivity index (χ1v) is 8.62. The minimum absolute atomic E-state index is 0.0669. The number of amides is 3. The second-order valence-electron chi connectivity index (χ2n) is 6.09. The van der Waals surface area contributed by atoms with Gasteiger partial charge in [0.25, 0.3) is 11.8 Å². The molecule has 0 saturated carbocycles. The van der Waals surface area contributed by atoms with Crippen LogP contribution >= 0.6 is 15.9 Å². The molecule has 1 atom stereocenters. The highest BCUT2D eigenvalue weighted by Crippen LogP contribution is 2.28. The Morgan fingerprint density at radius 2 is 1.80 bits per heavy atom. The lowest BCUT2D eigenvalue weighted by molar-refractivity contribution is -0.119. The lowest BCUT2D eigenvalue weighted by atomic mass is 10.1. The van der Waals surface area contributed by atoms with Gasteiger partial charge >= 0.3 is 0 Å². The summed E-state index contributed by atoms with van der Waals surface area (Å²) in [7, 11) is 0. The van der Waals surface area contributed by atoms with Crippen molar-refractivity contribution in [1.29, 1.82) is 0 Å². The van der Waals surface area contributed by atoms with E-state index in [1.807, 2.05) is 13.8 Å². The molecule has 0 saturated heterocycles. The van der Waals surface area contributed by atoms with Gasteiger partial charge in [-0.2, -0.15) is 5.10 Å². The number of anilines is 1. The predicted octanol–water partition coefficient (Wildman–Crippen LogP) is 2.85. The minimum Gasteiger partial charge on any atom is -0.309 e. The Morgan fingerprint density at radius 3 is 2.48 bits per heavy atom. The number of aromatic nitrogens is 2. The van der Waals surface area contributed by atoms with E-state index in [4.69, 9.17) is 0 Å². The van der Waals surface area contributed by atoms with Gasteiger partial charge in [0.1, 0.15) is 11.9 Å². The molecule has 0 radical (unpaired) electrons. The Balaban J connectivity index is 1.83. The van der Waals surface area contributed by atoms with Gasteiger partial charge in [-0.05, 0) is 39.0 Å². The molecule has 0 fully saturated rings. The molecule has 2 aromatic rings. The molecule has 0 bridgehead atoms. The largest absolute Gasteiger partial charge is 0.309 e. The summed E-state index contributed by atoms with van der Waals surface area (Å²) in [4.78, 5) is 38.7. The van der Waals surface area contributed by atoms with Crippen molar-refractivity contribution in [2.75, 3.05) is 5.32 Å². The number of nitrogens with one attached hydrogen (secondary N) is 1. The zero-order valence-corrected chi connectivity index (χ0v) is 15.6. The molecule has 7 nitrogen and oxygen atoms in total. The number of fused-ring (bicyclic) bond motifs is 1. The van der Waals surface area contributed by atoms with Gasteiger partial charge in [-0.1, -0.05) is 15.9 Å². The Labute approximate surface area is 153 Å². The van der Waals surface area contributed by atoms with Crippen molar-refractivity contribution in [3.8, 4) is 0 Å². The molecule has 1 N–H and O–H groups in total. The van der Waals surface area contributed by atoms with Crippen LogP contribution in [0.4, 0.5) is 5.82 Å². The van der Waals surface area contributed by atoms with E-state index in [1.165, 1.54) is 6.92 Å². The molecule has 1 aliphatic heterocycles. The van der Waals surface area contributed by atoms with Crippen LogP contribution in [0.25, 0.3) is 0 Å². The predicted molar refractivity (Wildman–Crippen MR) is 95.3 cm³/mol. The van der Waals surface area contributed by atoms with Gasteiger partial charge in [-0.25, -0.2) is 4.68 Å². The molecular weight excluding hydrogens is 388 g/mol. The van der Waals surface area contributed by atoms with E-state index in [0.29, 0.717) is 21.4 Å². The fourth-order valence-electron chi connectivity index (χ4n) is 2.76. The topological polar surface area (TPSA) is 84.3 Å². The van der Waals surface area contributed by atoms with Gasteiger partial charge in [0.05, 0.1) is 17.3 Å². The van der Waals surface area contributed by atoms with Crippen LogP contribution in [0, 0.1) is 0 Å². The molecule has 3 amide bonds. The Kier molecular flexibility index (Phi) is 4.47. The SMILES string of the molecule is CC(C(=O)Nc1ccnn1C(C)C)N1C(=O)c2ccc(Br)cc2C1=O. The molecule has 130 valence electrons. The highest BCUT2D eigenvalue weighted by Gasteiger charge is 2.41. The van der Waals surface area contributed by atoms with Crippen molar-refractivity contribution >= 4 is 39.5 Å². The van der Waals surface area contributed by atoms with Crippen LogP contribution in [-0.2, 0) is 4.79 Å². The number of hydrogen-bond donors (Lipinski definition) is 1. The standard InChI is InChI=1S/C17H17BrN4O3/c1-9(2)22-14(6-7-19-22)20-15(23)10(3)21-16(24)12-5-4-11(18)8-13(12)17(21)25/h4-10H,1-3H3,(H,20,23). The second-order valence-corrected chi connectivity index (χ2v) is 7.01. The smallest absolute Gasteiger partial charge is 0.262 e. The summed E-state index contributed by atoms with van der Waals surface area (Å²) >= 11 is 3.29. The Hall–Kier alpha value is -2.48. The second kappa shape index (κ2) is 6.44. The number of hydrogen-bond acceptors (Lipinski definition) is 4. The highest BCUT2D eigenvalue weighted by molar-refractivity contribution is 9.10. The van der Waals surface area contributed by atoms with Crippen molar-refractivity contribution in [2.45, 2.75) is 32.9 Å². The van der Waals surface area contributed by atoms with Gasteiger partial charge in [-0.3, -0.25) is 19.3 Å². The zero-order valence-electron chi connectivity index (χ0n) is 14.0. The van der Waals surface area contributed by atoms with E-state index < -0.39 is 23.8 Å². The summed E-state index contributed by atoms with van der Waals surface area (Å²) in [5.41, 5.74) is 0.603. The molecule has 8 heteroatoms. The minimum atomic E-state index is -0.943. The first kappa shape index (κ1) is 17.3. The first-order valence-electron chi connectivity index (χ1n) is 7.83. The van der Waals surface area contributed by atoms with Crippen molar-refractivity contribution in [3.63, 3.8) is 0 Å². The number of carbonyl (C=O) groups excluding carboxylic acids is 3. The van der Waals surface area contributed by atoms with Crippen LogP contribution in [-0.4, -0.2) is 38.4 Å². The van der Waals surface area contributed by atoms with Crippen molar-refractivity contribution < 1.29 is 14.4 Å². The summed E-state index contributed by atoms with van der Waals surface area (Å²) in [6.45, 7) is 5.41. The third-order valence-corrected chi connectivity index (χ3v) is 4.55. The van der Waals surface area contributed by atoms with E-state index >= 15 is 0 Å². The van der Waals surface area contributed by atoms with E-state index in [1.54, 1.807) is 35.1 Å². The maximum atomic E-state index is 12.6. The highest BCUT2D eigenvalue weighted by atomic mass is 79.9. The molecule has 25 heavy (non-hydrogen) atoms. The summed E-state index contributed by atoms with van der Waals surface area (Å²) < 4.78 is 2.36. The number of halogens is 1. The van der Waals surface area contributed by atoms with Crippen molar-refractivity contribution in [1.82, 2.24) is 14.7 Å². The maximum absolute atomic E-state index is 12.6. The average molecular weight is 405 g/mol. The normalized spacial score (nSPS) is 14.8. The van der Waals surface area contributed by atoms with E-state index in [0.717, 1.165) is 4.90 Å². The number of nitrogens with zero attached hydrogens (tertiary/aromatic N) is 3. The van der Waals surface area contributed by atoms with Gasteiger partial charge in [0, 0.05) is 16.6 Å². The number of benzene rings is 1. The molecule has 3 rings (SSSR count). The van der Waals surface area contributed by atoms with Gasteiger partial charge in [0.2, 0.25) is 5.91 Å². The average Bonchev–Trinajstić information content (AvgIpc) is 3.11. The van der Waals surface area contributed by atoms with Crippen molar-refractivity contribution in [3.05, 3.63) is 46.1 Å². The van der Waals surface area contributed by atoms with Crippen LogP contribution in [0.5, 0.6) is 0 Å². The summed E-state index contributed by atoms with van der Waals surface area (Å²) in [6, 6.07) is 5.66. The van der Waals surface area contributed by atoms with Gasteiger partial charge in [0.15, 0.2) is 0 Å². The Bertz CT molecular complexity index is 875. The molecule has 2 heterocycles. The molecule has 0 aliphatic carbocycles. The number of carbonyl (C=O) groups is 3. The van der Waals surface area contributed by atoms with Crippen LogP contribution in [0.3, 0.4) is 0 Å². The van der Waals surface area contributed by atoms with Crippen molar-refractivity contribution in [2.24, 2.45) is 0 Å². The summed E-state index contributed by atoms with van der Waals surface area (Å²) in [5, 5.41) is 6.88. The fourth-order valence-corrected chi connectivity index (χ4v) is 3.12. The van der Waals surface area contributed by atoms with Crippen LogP contribution in [0.15, 0.2) is 34.9 Å². The summed E-state index contributed by atoms with van der Waals surface area (Å²) in [6.07, 6.45) is 1.58. The van der Waals surface area contributed by atoms with E-state index in [2.05, 4.69) is 26.3 Å². The van der Waals surface area contributed by atoms with Crippen LogP contribution in [0.2, 0.25) is 0 Å². The monoisotopic (exact) mass is 404 g/mol. The lowest BCUT2D eigenvalue weighted by Crippen LogP contribution is -2.45. The van der Waals surface area contributed by atoms with Gasteiger partial charge in [-0.15, -0.1) is 0 Å². The first-order chi connectivity index (χ1) is 11.8. The third kappa shape index (κ3) is 2.97. The lowest BCUT2D eigenvalue weighted by Gasteiger charge is -2.22. The third-order valence-electron chi connectivity index (χ3n) is 4.06. The Morgan fingerprint density at radius 1 is 1.12 bits per heavy atom. The molecule has 1 unspecified atom stereocenters. The zero-order chi connectivity index (χ0) is 18.3. The summed E-state index contributed by atoms with van der Waals surface area (Å²) in [5.74, 6) is -0.865. The maximum Gasteiger partial charge on any atom is 0.262 e. The van der Waals surface area contributed by atoms with Crippen LogP contribution in [0.1, 0.15) is 47.5 Å². The number of rotatable bonds is 4. The molecule has 1 aliphatic rings. The quantitative estimate of drug-likeness (QED) is 0.793. The molecular formula is C17H17BrN4O3. The van der Waals surface area contributed by atoms with Crippen LogP contribution < -0.4 is 5.32 Å². The molecule has 1 aromatic carbocycles. The fraction of sp³-hybridized carbons (Fsp3) is 0.294. The van der Waals surface area contributed by atoms with Gasteiger partial charge < -0.3 is 5.32 Å². The molecule has 0 spiro atoms. The molecule has 1 aromatic heterocycles. The number of imide groups is 1.